The van der Waals surface area contributed by atoms with E-state index in [1.54, 1.807) is 0 Å². The third kappa shape index (κ3) is 1.70. The molecule has 1 rings (SSSR count). The molecule has 0 aliphatic carbocycles. The number of carboxylic acids is 1. The van der Waals surface area contributed by atoms with Crippen molar-refractivity contribution in [3.8, 4) is 5.75 Å². The Morgan fingerprint density at radius 3 is 2.27 bits per heavy atom. The van der Waals surface area contributed by atoms with Gasteiger partial charge in [0.05, 0.1) is 5.56 Å². The number of rotatable bonds is 2. The summed E-state index contributed by atoms with van der Waals surface area (Å²) >= 11 is 0. The van der Waals surface area contributed by atoms with E-state index in [0.29, 0.717) is 5.75 Å². The first-order valence-electron chi connectivity index (χ1n) is 2.94. The molecule has 0 saturated carbocycles. The minimum absolute atomic E-state index is 0.214. The van der Waals surface area contributed by atoms with Crippen molar-refractivity contribution in [3.05, 3.63) is 36.9 Å². The molecule has 3 nitrogen and oxygen atoms in total. The summed E-state index contributed by atoms with van der Waals surface area (Å²) in [5.41, 5.74) is 0.214. The second kappa shape index (κ2) is 3.05. The van der Waals surface area contributed by atoms with Crippen LogP contribution < -0.4 is 4.74 Å². The van der Waals surface area contributed by atoms with E-state index in [1.165, 1.54) is 24.3 Å². The maximum atomic E-state index is 10.3. The molecule has 56 valence electrons. The Morgan fingerprint density at radius 2 is 1.91 bits per heavy atom. The summed E-state index contributed by atoms with van der Waals surface area (Å²) in [6.45, 7) is 0. The molecule has 0 aliphatic rings. The van der Waals surface area contributed by atoms with E-state index in [1.807, 2.05) is 0 Å². The predicted octanol–water partition coefficient (Wildman–Crippen LogP) is 1.43. The lowest BCUT2D eigenvalue weighted by molar-refractivity contribution is 0.0697. The third-order valence-electron chi connectivity index (χ3n) is 1.24. The Hall–Kier alpha value is -1.51. The van der Waals surface area contributed by atoms with Crippen LogP contribution in [0.4, 0.5) is 0 Å². The van der Waals surface area contributed by atoms with Crippen LogP contribution in [-0.2, 0) is 0 Å². The van der Waals surface area contributed by atoms with Gasteiger partial charge in [0.15, 0.2) is 7.11 Å². The van der Waals surface area contributed by atoms with Gasteiger partial charge in [-0.3, -0.25) is 0 Å². The van der Waals surface area contributed by atoms with Gasteiger partial charge in [-0.2, -0.15) is 0 Å². The van der Waals surface area contributed by atoms with Gasteiger partial charge in [-0.1, -0.05) is 0 Å². The summed E-state index contributed by atoms with van der Waals surface area (Å²) < 4.78 is 4.36. The minimum Gasteiger partial charge on any atom is -0.482 e. The molecule has 3 heteroatoms. The quantitative estimate of drug-likeness (QED) is 0.693. The van der Waals surface area contributed by atoms with E-state index < -0.39 is 5.97 Å². The van der Waals surface area contributed by atoms with E-state index in [2.05, 4.69) is 4.74 Å². The molecule has 2 radical (unpaired) electrons. The largest absolute Gasteiger partial charge is 0.482 e. The fraction of sp³-hybridized carbons (Fsp3) is 0. The smallest absolute Gasteiger partial charge is 0.335 e. The SMILES string of the molecule is [CH]Oc1ccc(C(=O)O)cc1. The number of carboxylic acid groups (broad SMARTS) is 1. The number of carbonyl (C=O) groups is 1. The lowest BCUT2D eigenvalue weighted by Gasteiger charge is -1.97. The molecule has 0 aliphatic heterocycles. The van der Waals surface area contributed by atoms with Crippen molar-refractivity contribution < 1.29 is 14.6 Å². The molecule has 0 atom stereocenters. The zero-order valence-electron chi connectivity index (χ0n) is 5.65. The highest BCUT2D eigenvalue weighted by Crippen LogP contribution is 2.10. The number of benzene rings is 1. The van der Waals surface area contributed by atoms with Gasteiger partial charge in [0, 0.05) is 0 Å². The minimum atomic E-state index is -0.964. The van der Waals surface area contributed by atoms with Crippen molar-refractivity contribution in [2.75, 3.05) is 0 Å². The first-order chi connectivity index (χ1) is 5.24. The summed E-state index contributed by atoms with van der Waals surface area (Å²) in [5.74, 6) is -0.524. The van der Waals surface area contributed by atoms with Gasteiger partial charge in [0.25, 0.3) is 0 Å². The van der Waals surface area contributed by atoms with Crippen molar-refractivity contribution in [1.82, 2.24) is 0 Å². The van der Waals surface area contributed by atoms with Crippen LogP contribution in [0.5, 0.6) is 5.75 Å². The van der Waals surface area contributed by atoms with Crippen LogP contribution in [0.1, 0.15) is 10.4 Å². The van der Waals surface area contributed by atoms with E-state index in [4.69, 9.17) is 12.2 Å². The fourth-order valence-electron chi connectivity index (χ4n) is 0.676. The van der Waals surface area contributed by atoms with Crippen LogP contribution in [-0.4, -0.2) is 11.1 Å². The summed E-state index contributed by atoms with van der Waals surface area (Å²) in [5, 5.41) is 8.48. The Bertz CT molecular complexity index is 251. The number of hydrogen-bond acceptors (Lipinski definition) is 2. The van der Waals surface area contributed by atoms with Crippen LogP contribution in [0.3, 0.4) is 0 Å². The summed E-state index contributed by atoms with van der Waals surface area (Å²) in [7, 11) is 4.83. The van der Waals surface area contributed by atoms with E-state index in [9.17, 15) is 4.79 Å². The maximum Gasteiger partial charge on any atom is 0.335 e. The van der Waals surface area contributed by atoms with Gasteiger partial charge in [-0.05, 0) is 24.3 Å². The van der Waals surface area contributed by atoms with E-state index in [-0.39, 0.29) is 5.56 Å². The van der Waals surface area contributed by atoms with Crippen LogP contribution in [0.15, 0.2) is 24.3 Å². The number of aromatic carboxylic acids is 1. The number of hydrogen-bond donors (Lipinski definition) is 1. The van der Waals surface area contributed by atoms with Crippen molar-refractivity contribution in [1.29, 1.82) is 0 Å². The van der Waals surface area contributed by atoms with Crippen LogP contribution in [0.25, 0.3) is 0 Å². The molecule has 0 bridgehead atoms. The molecule has 11 heavy (non-hydrogen) atoms. The zero-order valence-corrected chi connectivity index (χ0v) is 5.65. The van der Waals surface area contributed by atoms with Crippen LogP contribution >= 0.6 is 0 Å². The predicted molar refractivity (Wildman–Crippen MR) is 38.3 cm³/mol. The van der Waals surface area contributed by atoms with Gasteiger partial charge in [0.1, 0.15) is 5.75 Å². The van der Waals surface area contributed by atoms with Crippen molar-refractivity contribution >= 4 is 5.97 Å². The lowest BCUT2D eigenvalue weighted by Crippen LogP contribution is -1.94. The lowest BCUT2D eigenvalue weighted by atomic mass is 10.2. The Kier molecular flexibility index (Phi) is 2.11. The second-order valence-corrected chi connectivity index (χ2v) is 1.95. The average molecular weight is 150 g/mol. The van der Waals surface area contributed by atoms with Crippen LogP contribution in [0, 0.1) is 7.11 Å². The molecule has 0 fully saturated rings. The normalized spacial score (nSPS) is 9.18. The molecule has 0 spiro atoms. The van der Waals surface area contributed by atoms with Gasteiger partial charge in [-0.25, -0.2) is 4.79 Å². The van der Waals surface area contributed by atoms with Gasteiger partial charge in [0.2, 0.25) is 0 Å². The summed E-state index contributed by atoms with van der Waals surface area (Å²) in [4.78, 5) is 10.3. The Morgan fingerprint density at radius 1 is 1.36 bits per heavy atom. The standard InChI is InChI=1S/C8H6O3/c1-11-7-4-2-6(3-5-7)8(9)10/h1-5H,(H,9,10). The summed E-state index contributed by atoms with van der Waals surface area (Å²) in [6, 6.07) is 5.82. The van der Waals surface area contributed by atoms with Gasteiger partial charge >= 0.3 is 5.97 Å². The van der Waals surface area contributed by atoms with Crippen LogP contribution in [0.2, 0.25) is 0 Å². The third-order valence-corrected chi connectivity index (χ3v) is 1.24. The molecule has 1 aromatic carbocycles. The van der Waals surface area contributed by atoms with Crippen molar-refractivity contribution in [2.45, 2.75) is 0 Å². The molecule has 0 unspecified atom stereocenters. The Labute approximate surface area is 64.2 Å². The molecular formula is C8H6O3. The molecule has 0 saturated heterocycles. The second-order valence-electron chi connectivity index (χ2n) is 1.95. The zero-order chi connectivity index (χ0) is 8.27. The van der Waals surface area contributed by atoms with Crippen molar-refractivity contribution in [3.63, 3.8) is 0 Å². The molecule has 0 aromatic heterocycles. The molecule has 1 N–H and O–H groups in total. The fourth-order valence-corrected chi connectivity index (χ4v) is 0.676. The average Bonchev–Trinajstić information content (AvgIpc) is 2.05. The molecule has 0 amide bonds. The monoisotopic (exact) mass is 150 g/mol. The highest BCUT2D eigenvalue weighted by Gasteiger charge is 2.00. The Balaban J connectivity index is 2.91. The highest BCUT2D eigenvalue weighted by molar-refractivity contribution is 5.87. The topological polar surface area (TPSA) is 46.5 Å². The summed E-state index contributed by atoms with van der Waals surface area (Å²) in [6.07, 6.45) is 0. The van der Waals surface area contributed by atoms with E-state index in [0.717, 1.165) is 0 Å². The molecule has 1 aromatic rings. The number of ether oxygens (including phenoxy) is 1. The molecule has 0 heterocycles. The maximum absolute atomic E-state index is 10.3. The molecular weight excluding hydrogens is 144 g/mol. The highest BCUT2D eigenvalue weighted by atomic mass is 16.5. The van der Waals surface area contributed by atoms with Crippen molar-refractivity contribution in [2.24, 2.45) is 0 Å². The van der Waals surface area contributed by atoms with Gasteiger partial charge in [-0.15, -0.1) is 0 Å². The van der Waals surface area contributed by atoms with E-state index >= 15 is 0 Å². The first kappa shape index (κ1) is 7.60. The van der Waals surface area contributed by atoms with Gasteiger partial charge < -0.3 is 9.84 Å². The first-order valence-corrected chi connectivity index (χ1v) is 2.94.